The summed E-state index contributed by atoms with van der Waals surface area (Å²) in [7, 11) is -4.24. The summed E-state index contributed by atoms with van der Waals surface area (Å²) in [5.41, 5.74) is 0.837. The van der Waals surface area contributed by atoms with Crippen molar-refractivity contribution in [1.82, 2.24) is 10.2 Å². The van der Waals surface area contributed by atoms with Crippen molar-refractivity contribution in [3.8, 4) is 0 Å². The first-order valence-electron chi connectivity index (χ1n) is 13.6. The molecule has 2 amide bonds. The van der Waals surface area contributed by atoms with E-state index in [4.69, 9.17) is 46.4 Å². The number of amides is 2. The smallest absolute Gasteiger partial charge is 0.264 e. The number of halogens is 4. The molecule has 0 bridgehead atoms. The minimum atomic E-state index is -4.24. The Hall–Kier alpha value is -2.49. The molecule has 1 fully saturated rings. The van der Waals surface area contributed by atoms with Crippen molar-refractivity contribution in [3.05, 3.63) is 92.4 Å². The molecule has 7 nitrogen and oxygen atoms in total. The van der Waals surface area contributed by atoms with Crippen LogP contribution in [0.3, 0.4) is 0 Å². The topological polar surface area (TPSA) is 86.8 Å². The number of anilines is 1. The molecule has 3 aromatic rings. The molecule has 224 valence electrons. The van der Waals surface area contributed by atoms with Crippen molar-refractivity contribution in [2.45, 2.75) is 62.6 Å². The highest BCUT2D eigenvalue weighted by Gasteiger charge is 2.34. The van der Waals surface area contributed by atoms with Crippen molar-refractivity contribution >= 4 is 73.9 Å². The molecule has 1 aliphatic carbocycles. The van der Waals surface area contributed by atoms with Crippen LogP contribution in [0.1, 0.15) is 44.6 Å². The molecule has 0 unspecified atom stereocenters. The summed E-state index contributed by atoms with van der Waals surface area (Å²) < 4.78 is 28.8. The van der Waals surface area contributed by atoms with Crippen molar-refractivity contribution in [2.24, 2.45) is 0 Å². The molecular weight excluding hydrogens is 640 g/mol. The van der Waals surface area contributed by atoms with Crippen LogP contribution in [0.5, 0.6) is 0 Å². The zero-order valence-corrected chi connectivity index (χ0v) is 26.7. The Morgan fingerprint density at radius 1 is 0.905 bits per heavy atom. The molecule has 1 N–H and O–H groups in total. The molecule has 4 rings (SSSR count). The second kappa shape index (κ2) is 14.3. The van der Waals surface area contributed by atoms with Gasteiger partial charge in [-0.3, -0.25) is 13.9 Å². The lowest BCUT2D eigenvalue weighted by atomic mass is 10.1. The number of nitrogens with zero attached hydrogens (tertiary/aromatic N) is 2. The van der Waals surface area contributed by atoms with Gasteiger partial charge in [0.15, 0.2) is 0 Å². The molecule has 0 aliphatic heterocycles. The summed E-state index contributed by atoms with van der Waals surface area (Å²) in [5.74, 6) is -0.861. The molecule has 0 heterocycles. The lowest BCUT2D eigenvalue weighted by Gasteiger charge is -2.34. The molecular formula is C30H31Cl4N3O4S. The fraction of sp³-hybridized carbons (Fsp3) is 0.333. The highest BCUT2D eigenvalue weighted by molar-refractivity contribution is 7.92. The fourth-order valence-electron chi connectivity index (χ4n) is 5.02. The minimum absolute atomic E-state index is 0.0106. The summed E-state index contributed by atoms with van der Waals surface area (Å²) in [5, 5.41) is 4.40. The van der Waals surface area contributed by atoms with E-state index in [1.807, 2.05) is 6.92 Å². The maximum atomic E-state index is 14.2. The standard InChI is InChI=1S/C30H31Cl4N3O4S/c1-2-28(30(39)35-23-7-3-4-8-23)36(18-20-10-15-26(33)27(34)16-20)29(38)19-37(24-9-5-6-22(32)17-24)42(40,41)25-13-11-21(31)12-14-25/h5-6,9-17,23,28H,2-4,7-8,18-19H2,1H3,(H,35,39)/t28-/m0/s1. The zero-order chi connectivity index (χ0) is 30.4. The molecule has 12 heteroatoms. The van der Waals surface area contributed by atoms with E-state index < -0.39 is 28.5 Å². The number of hydrogen-bond acceptors (Lipinski definition) is 4. The van der Waals surface area contributed by atoms with Crippen LogP contribution in [0.25, 0.3) is 0 Å². The van der Waals surface area contributed by atoms with Crippen LogP contribution in [0.15, 0.2) is 71.6 Å². The maximum Gasteiger partial charge on any atom is 0.264 e. The Balaban J connectivity index is 1.73. The van der Waals surface area contributed by atoms with Crippen molar-refractivity contribution in [1.29, 1.82) is 0 Å². The van der Waals surface area contributed by atoms with Crippen LogP contribution in [-0.2, 0) is 26.2 Å². The Morgan fingerprint density at radius 3 is 2.21 bits per heavy atom. The number of carbonyl (C=O) groups is 2. The first kappa shape index (κ1) is 32.4. The molecule has 3 aromatic carbocycles. The van der Waals surface area contributed by atoms with Gasteiger partial charge in [-0.05, 0) is 79.4 Å². The molecule has 1 aliphatic rings. The fourth-order valence-corrected chi connectivity index (χ4v) is 7.05. The average molecular weight is 671 g/mol. The third kappa shape index (κ3) is 7.91. The van der Waals surface area contributed by atoms with Gasteiger partial charge >= 0.3 is 0 Å². The highest BCUT2D eigenvalue weighted by atomic mass is 35.5. The normalized spacial score (nSPS) is 14.4. The Morgan fingerprint density at radius 2 is 1.60 bits per heavy atom. The van der Waals surface area contributed by atoms with Gasteiger partial charge in [0.25, 0.3) is 10.0 Å². The van der Waals surface area contributed by atoms with E-state index in [2.05, 4.69) is 5.32 Å². The van der Waals surface area contributed by atoms with Gasteiger partial charge in [0.2, 0.25) is 11.8 Å². The van der Waals surface area contributed by atoms with Crippen molar-refractivity contribution in [2.75, 3.05) is 10.8 Å². The number of nitrogens with one attached hydrogen (secondary N) is 1. The largest absolute Gasteiger partial charge is 0.352 e. The van der Waals surface area contributed by atoms with Gasteiger partial charge < -0.3 is 10.2 Å². The van der Waals surface area contributed by atoms with E-state index in [1.165, 1.54) is 35.2 Å². The van der Waals surface area contributed by atoms with Gasteiger partial charge in [0, 0.05) is 22.6 Å². The number of hydrogen-bond donors (Lipinski definition) is 1. The lowest BCUT2D eigenvalue weighted by Crippen LogP contribution is -2.53. The summed E-state index contributed by atoms with van der Waals surface area (Å²) in [6.45, 7) is 1.24. The molecule has 42 heavy (non-hydrogen) atoms. The van der Waals surface area contributed by atoms with Crippen molar-refractivity contribution in [3.63, 3.8) is 0 Å². The molecule has 1 atom stereocenters. The lowest BCUT2D eigenvalue weighted by molar-refractivity contribution is -0.140. The third-order valence-corrected chi connectivity index (χ3v) is 10.2. The van der Waals surface area contributed by atoms with Gasteiger partial charge in [0.1, 0.15) is 12.6 Å². The number of carbonyl (C=O) groups excluding carboxylic acids is 2. The third-order valence-electron chi connectivity index (χ3n) is 7.20. The van der Waals surface area contributed by atoms with Crippen LogP contribution in [-0.4, -0.2) is 43.8 Å². The van der Waals surface area contributed by atoms with Gasteiger partial charge in [0.05, 0.1) is 20.6 Å². The number of rotatable bonds is 11. The van der Waals surface area contributed by atoms with E-state index >= 15 is 0 Å². The quantitative estimate of drug-likeness (QED) is 0.231. The monoisotopic (exact) mass is 669 g/mol. The van der Waals surface area contributed by atoms with E-state index in [1.54, 1.807) is 36.4 Å². The maximum absolute atomic E-state index is 14.2. The molecule has 0 saturated heterocycles. The minimum Gasteiger partial charge on any atom is -0.352 e. The Kier molecular flexibility index (Phi) is 11.1. The van der Waals surface area contributed by atoms with E-state index in [-0.39, 0.29) is 29.1 Å². The van der Waals surface area contributed by atoms with E-state index in [0.29, 0.717) is 32.1 Å². The van der Waals surface area contributed by atoms with Gasteiger partial charge in [-0.15, -0.1) is 0 Å². The number of benzene rings is 3. The Bertz CT molecular complexity index is 1530. The van der Waals surface area contributed by atoms with Gasteiger partial charge in [-0.2, -0.15) is 0 Å². The number of sulfonamides is 1. The molecule has 1 saturated carbocycles. The second-order valence-corrected chi connectivity index (χ2v) is 13.7. The highest BCUT2D eigenvalue weighted by Crippen LogP contribution is 2.29. The van der Waals surface area contributed by atoms with E-state index in [9.17, 15) is 18.0 Å². The van der Waals surface area contributed by atoms with Crippen LogP contribution in [0.4, 0.5) is 5.69 Å². The van der Waals surface area contributed by atoms with E-state index in [0.717, 1.165) is 30.0 Å². The summed E-state index contributed by atoms with van der Waals surface area (Å²) in [4.78, 5) is 29.0. The van der Waals surface area contributed by atoms with Gasteiger partial charge in [-0.25, -0.2) is 8.42 Å². The zero-order valence-electron chi connectivity index (χ0n) is 22.9. The summed E-state index contributed by atoms with van der Waals surface area (Å²) in [6.07, 6.45) is 4.14. The van der Waals surface area contributed by atoms with Crippen LogP contribution < -0.4 is 9.62 Å². The summed E-state index contributed by atoms with van der Waals surface area (Å²) >= 11 is 24.6. The second-order valence-electron chi connectivity index (χ2n) is 10.1. The van der Waals surface area contributed by atoms with Crippen LogP contribution in [0.2, 0.25) is 20.1 Å². The van der Waals surface area contributed by atoms with Crippen LogP contribution in [0, 0.1) is 0 Å². The first-order valence-corrected chi connectivity index (χ1v) is 16.5. The molecule has 0 spiro atoms. The van der Waals surface area contributed by atoms with Crippen LogP contribution >= 0.6 is 46.4 Å². The predicted octanol–water partition coefficient (Wildman–Crippen LogP) is 7.36. The SMILES string of the molecule is CC[C@@H](C(=O)NC1CCCC1)N(Cc1ccc(Cl)c(Cl)c1)C(=O)CN(c1cccc(Cl)c1)S(=O)(=O)c1ccc(Cl)cc1. The average Bonchev–Trinajstić information content (AvgIpc) is 3.46. The molecule has 0 radical (unpaired) electrons. The first-order chi connectivity index (χ1) is 20.0. The van der Waals surface area contributed by atoms with Gasteiger partial charge in [-0.1, -0.05) is 78.3 Å². The molecule has 0 aromatic heterocycles. The Labute approximate surface area is 266 Å². The van der Waals surface area contributed by atoms with Crippen molar-refractivity contribution < 1.29 is 18.0 Å². The predicted molar refractivity (Wildman–Crippen MR) is 169 cm³/mol. The summed E-state index contributed by atoms with van der Waals surface area (Å²) in [6, 6.07) is 16.1.